The van der Waals surface area contributed by atoms with Gasteiger partial charge in [0.05, 0.1) is 0 Å². The van der Waals surface area contributed by atoms with Gasteiger partial charge in [-0.1, -0.05) is 12.5 Å². The molecule has 0 radical (unpaired) electrons. The van der Waals surface area contributed by atoms with Crippen molar-refractivity contribution < 1.29 is 9.59 Å². The molecule has 2 amide bonds. The first kappa shape index (κ1) is 21.7. The Kier molecular flexibility index (Phi) is 8.00. The Morgan fingerprint density at radius 2 is 1.72 bits per heavy atom. The fraction of sp³-hybridized carbons (Fsp3) is 0.682. The lowest BCUT2D eigenvalue weighted by molar-refractivity contribution is -0.128. The summed E-state index contributed by atoms with van der Waals surface area (Å²) >= 11 is 0. The lowest BCUT2D eigenvalue weighted by atomic mass is 10.1. The highest BCUT2D eigenvalue weighted by Crippen LogP contribution is 2.11. The van der Waals surface area contributed by atoms with Gasteiger partial charge in [-0.25, -0.2) is 0 Å². The number of hydrogen-bond acceptors (Lipinski definition) is 5. The quantitative estimate of drug-likeness (QED) is 0.726. The maximum atomic E-state index is 12.7. The Bertz CT molecular complexity index is 672. The van der Waals surface area contributed by atoms with Gasteiger partial charge in [-0.2, -0.15) is 0 Å². The Morgan fingerprint density at radius 1 is 0.966 bits per heavy atom. The van der Waals surface area contributed by atoms with Crippen LogP contribution >= 0.6 is 0 Å². The zero-order valence-corrected chi connectivity index (χ0v) is 18.0. The van der Waals surface area contributed by atoms with Crippen LogP contribution in [0.5, 0.6) is 0 Å². The minimum atomic E-state index is -0.0135. The van der Waals surface area contributed by atoms with E-state index >= 15 is 0 Å². The molecular formula is C22H35N5O2. The van der Waals surface area contributed by atoms with Crippen molar-refractivity contribution in [2.24, 2.45) is 0 Å². The highest BCUT2D eigenvalue weighted by molar-refractivity contribution is 5.92. The molecule has 2 aliphatic heterocycles. The van der Waals surface area contributed by atoms with E-state index < -0.39 is 0 Å². The fourth-order valence-electron chi connectivity index (χ4n) is 4.12. The molecule has 2 fully saturated rings. The van der Waals surface area contributed by atoms with Crippen LogP contribution in [0, 0.1) is 0 Å². The normalized spacial score (nSPS) is 19.0. The van der Waals surface area contributed by atoms with Gasteiger partial charge in [0.15, 0.2) is 0 Å². The van der Waals surface area contributed by atoms with Crippen LogP contribution in [0.1, 0.15) is 48.7 Å². The molecule has 0 saturated carbocycles. The van der Waals surface area contributed by atoms with E-state index in [1.807, 2.05) is 30.3 Å². The third kappa shape index (κ3) is 6.51. The van der Waals surface area contributed by atoms with E-state index in [0.29, 0.717) is 5.69 Å². The highest BCUT2D eigenvalue weighted by atomic mass is 16.2. The molecule has 29 heavy (non-hydrogen) atoms. The van der Waals surface area contributed by atoms with Crippen molar-refractivity contribution in [3.63, 3.8) is 0 Å². The van der Waals surface area contributed by atoms with Gasteiger partial charge in [-0.3, -0.25) is 19.5 Å². The third-order valence-electron chi connectivity index (χ3n) is 6.03. The average Bonchev–Trinajstić information content (AvgIpc) is 2.98. The van der Waals surface area contributed by atoms with Crippen LogP contribution in [0.3, 0.4) is 0 Å². The summed E-state index contributed by atoms with van der Waals surface area (Å²) in [5.41, 5.74) is 1.61. The van der Waals surface area contributed by atoms with E-state index in [2.05, 4.69) is 14.8 Å². The molecule has 0 unspecified atom stereocenters. The SMILES string of the molecule is CC(=O)N1CCCN(Cc2ccc(C(=O)N(C)CCN3CCCCC3)nc2)CC1. The Morgan fingerprint density at radius 3 is 2.41 bits per heavy atom. The van der Waals surface area contributed by atoms with Gasteiger partial charge in [0.2, 0.25) is 5.91 Å². The minimum absolute atomic E-state index is 0.0135. The summed E-state index contributed by atoms with van der Waals surface area (Å²) in [7, 11) is 1.86. The molecule has 3 heterocycles. The standard InChI is InChI=1S/C22H35N5O2/c1-19(28)27-12-6-11-26(15-16-27)18-20-7-8-21(23-17-20)22(29)24(2)13-14-25-9-4-3-5-10-25/h7-8,17H,3-6,9-16,18H2,1-2H3. The second kappa shape index (κ2) is 10.7. The van der Waals surface area contributed by atoms with Crippen molar-refractivity contribution in [2.75, 3.05) is 59.4 Å². The third-order valence-corrected chi connectivity index (χ3v) is 6.03. The molecular weight excluding hydrogens is 366 g/mol. The molecule has 7 heteroatoms. The van der Waals surface area contributed by atoms with Gasteiger partial charge in [0, 0.05) is 66.0 Å². The maximum Gasteiger partial charge on any atom is 0.272 e. The number of carbonyl (C=O) groups excluding carboxylic acids is 2. The van der Waals surface area contributed by atoms with Gasteiger partial charge in [-0.15, -0.1) is 0 Å². The molecule has 160 valence electrons. The molecule has 0 bridgehead atoms. The summed E-state index contributed by atoms with van der Waals surface area (Å²) in [6.45, 7) is 9.88. The number of likely N-dealkylation sites (tertiary alicyclic amines) is 1. The number of aromatic nitrogens is 1. The summed E-state index contributed by atoms with van der Waals surface area (Å²) < 4.78 is 0. The number of pyridine rings is 1. The molecule has 1 aromatic heterocycles. The largest absolute Gasteiger partial charge is 0.342 e. The predicted molar refractivity (Wildman–Crippen MR) is 114 cm³/mol. The Balaban J connectivity index is 1.47. The number of likely N-dealkylation sites (N-methyl/N-ethyl adjacent to an activating group) is 1. The first-order valence-corrected chi connectivity index (χ1v) is 10.9. The monoisotopic (exact) mass is 401 g/mol. The van der Waals surface area contributed by atoms with Crippen LogP contribution in [-0.2, 0) is 11.3 Å². The van der Waals surface area contributed by atoms with Crippen LogP contribution < -0.4 is 0 Å². The summed E-state index contributed by atoms with van der Waals surface area (Å²) in [4.78, 5) is 37.2. The van der Waals surface area contributed by atoms with E-state index in [1.165, 1.54) is 19.3 Å². The second-order valence-electron chi connectivity index (χ2n) is 8.32. The highest BCUT2D eigenvalue weighted by Gasteiger charge is 2.18. The molecule has 3 rings (SSSR count). The number of carbonyl (C=O) groups is 2. The number of hydrogen-bond donors (Lipinski definition) is 0. The van der Waals surface area contributed by atoms with Crippen molar-refractivity contribution in [3.8, 4) is 0 Å². The summed E-state index contributed by atoms with van der Waals surface area (Å²) in [6.07, 6.45) is 6.67. The first-order valence-electron chi connectivity index (χ1n) is 10.9. The molecule has 0 aliphatic carbocycles. The van der Waals surface area contributed by atoms with E-state index in [1.54, 1.807) is 11.8 Å². The van der Waals surface area contributed by atoms with Crippen LogP contribution in [-0.4, -0.2) is 95.8 Å². The number of rotatable bonds is 6. The van der Waals surface area contributed by atoms with Crippen LogP contribution in [0.15, 0.2) is 18.3 Å². The molecule has 1 aromatic rings. The summed E-state index contributed by atoms with van der Waals surface area (Å²) in [5, 5.41) is 0. The van der Waals surface area contributed by atoms with Crippen molar-refractivity contribution in [1.29, 1.82) is 0 Å². The van der Waals surface area contributed by atoms with Crippen molar-refractivity contribution in [2.45, 2.75) is 39.2 Å². The maximum absolute atomic E-state index is 12.7. The average molecular weight is 402 g/mol. The molecule has 0 N–H and O–H groups in total. The molecule has 0 spiro atoms. The first-order chi connectivity index (χ1) is 14.0. The van der Waals surface area contributed by atoms with E-state index in [0.717, 1.165) is 70.9 Å². The van der Waals surface area contributed by atoms with Gasteiger partial charge >= 0.3 is 0 Å². The molecule has 2 aliphatic rings. The minimum Gasteiger partial charge on any atom is -0.342 e. The van der Waals surface area contributed by atoms with Crippen LogP contribution in [0.25, 0.3) is 0 Å². The Hall–Kier alpha value is -1.99. The number of nitrogens with zero attached hydrogens (tertiary/aromatic N) is 5. The van der Waals surface area contributed by atoms with E-state index in [4.69, 9.17) is 0 Å². The fourth-order valence-corrected chi connectivity index (χ4v) is 4.12. The van der Waals surface area contributed by atoms with Crippen molar-refractivity contribution in [1.82, 2.24) is 24.6 Å². The predicted octanol–water partition coefficient (Wildman–Crippen LogP) is 1.69. The lowest BCUT2D eigenvalue weighted by Gasteiger charge is -2.28. The van der Waals surface area contributed by atoms with Gasteiger partial charge < -0.3 is 14.7 Å². The molecule has 2 saturated heterocycles. The molecule has 0 aromatic carbocycles. The number of amides is 2. The Labute approximate surface area is 174 Å². The van der Waals surface area contributed by atoms with E-state index in [-0.39, 0.29) is 11.8 Å². The van der Waals surface area contributed by atoms with E-state index in [9.17, 15) is 9.59 Å². The van der Waals surface area contributed by atoms with Gasteiger partial charge in [-0.05, 0) is 44.0 Å². The smallest absolute Gasteiger partial charge is 0.272 e. The molecule has 7 nitrogen and oxygen atoms in total. The zero-order valence-electron chi connectivity index (χ0n) is 18.0. The summed E-state index contributed by atoms with van der Waals surface area (Å²) in [5.74, 6) is 0.140. The van der Waals surface area contributed by atoms with Crippen LogP contribution in [0.2, 0.25) is 0 Å². The molecule has 0 atom stereocenters. The topological polar surface area (TPSA) is 60.0 Å². The lowest BCUT2D eigenvalue weighted by Crippen LogP contribution is -2.38. The van der Waals surface area contributed by atoms with Gasteiger partial charge in [0.25, 0.3) is 5.91 Å². The number of piperidine rings is 1. The van der Waals surface area contributed by atoms with Crippen molar-refractivity contribution in [3.05, 3.63) is 29.6 Å². The second-order valence-corrected chi connectivity index (χ2v) is 8.32. The van der Waals surface area contributed by atoms with Gasteiger partial charge in [0.1, 0.15) is 5.69 Å². The van der Waals surface area contributed by atoms with Crippen molar-refractivity contribution >= 4 is 11.8 Å². The van der Waals surface area contributed by atoms with Crippen LogP contribution in [0.4, 0.5) is 0 Å². The zero-order chi connectivity index (χ0) is 20.6. The summed E-state index contributed by atoms with van der Waals surface area (Å²) in [6, 6.07) is 3.85.